The molecule has 0 radical (unpaired) electrons. The molecule has 0 saturated carbocycles. The lowest BCUT2D eigenvalue weighted by atomic mass is 10.1. The third kappa shape index (κ3) is 3.85. The number of carbonyl (C=O) groups excluding carboxylic acids is 1. The Balaban J connectivity index is 1.74. The number of halogens is 1. The second-order valence-electron chi connectivity index (χ2n) is 6.51. The Morgan fingerprint density at radius 3 is 2.88 bits per heavy atom. The van der Waals surface area contributed by atoms with Crippen LogP contribution in [0, 0.1) is 6.92 Å². The van der Waals surface area contributed by atoms with Gasteiger partial charge in [-0.2, -0.15) is 0 Å². The van der Waals surface area contributed by atoms with Gasteiger partial charge in [-0.05, 0) is 20.0 Å². The number of rotatable bonds is 5. The number of carboxylic acids is 1. The molecule has 1 amide bonds. The Morgan fingerprint density at radius 1 is 1.42 bits per heavy atom. The lowest BCUT2D eigenvalue weighted by molar-refractivity contribution is -0.138. The topological polar surface area (TPSA) is 83.2 Å². The third-order valence-corrected chi connectivity index (χ3v) is 4.75. The fourth-order valence-electron chi connectivity index (χ4n) is 3.21. The van der Waals surface area contributed by atoms with E-state index in [1.54, 1.807) is 22.9 Å². The van der Waals surface area contributed by atoms with Crippen LogP contribution in [0.1, 0.15) is 16.1 Å². The lowest BCUT2D eigenvalue weighted by Gasteiger charge is -2.34. The van der Waals surface area contributed by atoms with E-state index in [1.807, 2.05) is 19.1 Å². The van der Waals surface area contributed by atoms with Crippen molar-refractivity contribution in [2.45, 2.75) is 13.0 Å². The van der Waals surface area contributed by atoms with Crippen LogP contribution in [0.15, 0.2) is 22.6 Å². The summed E-state index contributed by atoms with van der Waals surface area (Å²) in [6.45, 7) is 3.44. The molecular formula is C18H21ClN2O5. The Morgan fingerprint density at radius 2 is 2.19 bits per heavy atom. The van der Waals surface area contributed by atoms with E-state index in [0.717, 1.165) is 10.9 Å². The molecule has 1 fully saturated rings. The van der Waals surface area contributed by atoms with Crippen LogP contribution in [0.2, 0.25) is 5.02 Å². The first-order chi connectivity index (χ1) is 12.4. The highest BCUT2D eigenvalue weighted by molar-refractivity contribution is 6.35. The number of morpholine rings is 1. The van der Waals surface area contributed by atoms with Crippen molar-refractivity contribution in [2.75, 3.05) is 39.8 Å². The first kappa shape index (κ1) is 18.7. The maximum absolute atomic E-state index is 12.9. The number of furan rings is 1. The lowest BCUT2D eigenvalue weighted by Crippen LogP contribution is -2.49. The molecule has 1 atom stereocenters. The maximum atomic E-state index is 12.9. The molecule has 1 aromatic heterocycles. The molecule has 2 aromatic rings. The number of amides is 1. The van der Waals surface area contributed by atoms with Gasteiger partial charge in [-0.15, -0.1) is 0 Å². The number of benzene rings is 1. The van der Waals surface area contributed by atoms with E-state index < -0.39 is 5.97 Å². The summed E-state index contributed by atoms with van der Waals surface area (Å²) in [7, 11) is 1.71. The molecule has 1 saturated heterocycles. The number of aryl methyl sites for hydroxylation is 1. The normalized spacial score (nSPS) is 17.8. The minimum absolute atomic E-state index is 0.0744. The Bertz CT molecular complexity index is 834. The SMILES string of the molecule is Cc1c(C(=O)N2CCOC(CN(C)CC(=O)O)C2)oc2c(Cl)cccc12. The van der Waals surface area contributed by atoms with E-state index in [2.05, 4.69) is 0 Å². The van der Waals surface area contributed by atoms with Crippen LogP contribution in [0.3, 0.4) is 0 Å². The zero-order chi connectivity index (χ0) is 18.8. The Kier molecular flexibility index (Phi) is 5.50. The van der Waals surface area contributed by atoms with Crippen LogP contribution in [-0.2, 0) is 9.53 Å². The summed E-state index contributed by atoms with van der Waals surface area (Å²) in [4.78, 5) is 27.1. The predicted octanol–water partition coefficient (Wildman–Crippen LogP) is 2.25. The number of likely N-dealkylation sites (N-methyl/N-ethyl adjacent to an activating group) is 1. The summed E-state index contributed by atoms with van der Waals surface area (Å²) in [5, 5.41) is 10.2. The first-order valence-electron chi connectivity index (χ1n) is 8.35. The van der Waals surface area contributed by atoms with Crippen LogP contribution in [-0.4, -0.2) is 72.7 Å². The van der Waals surface area contributed by atoms with Gasteiger partial charge in [-0.3, -0.25) is 14.5 Å². The van der Waals surface area contributed by atoms with Gasteiger partial charge in [0.05, 0.1) is 24.3 Å². The van der Waals surface area contributed by atoms with Gasteiger partial charge in [0.2, 0.25) is 0 Å². The Labute approximate surface area is 156 Å². The molecule has 26 heavy (non-hydrogen) atoms. The molecule has 3 rings (SSSR count). The van der Waals surface area contributed by atoms with Crippen molar-refractivity contribution in [3.63, 3.8) is 0 Å². The van der Waals surface area contributed by atoms with E-state index in [-0.39, 0.29) is 24.3 Å². The predicted molar refractivity (Wildman–Crippen MR) is 96.7 cm³/mol. The van der Waals surface area contributed by atoms with Gasteiger partial charge in [0.1, 0.15) is 0 Å². The number of carbonyl (C=O) groups is 2. The van der Waals surface area contributed by atoms with Crippen LogP contribution in [0.25, 0.3) is 11.0 Å². The van der Waals surface area contributed by atoms with E-state index in [0.29, 0.717) is 36.8 Å². The number of aliphatic carboxylic acids is 1. The summed E-state index contributed by atoms with van der Waals surface area (Å²) in [5.41, 5.74) is 1.28. The monoisotopic (exact) mass is 380 g/mol. The van der Waals surface area contributed by atoms with Crippen molar-refractivity contribution in [1.82, 2.24) is 9.80 Å². The molecule has 1 aliphatic rings. The fraction of sp³-hybridized carbons (Fsp3) is 0.444. The average molecular weight is 381 g/mol. The molecule has 140 valence electrons. The molecule has 0 spiro atoms. The number of ether oxygens (including phenoxy) is 1. The number of para-hydroxylation sites is 1. The van der Waals surface area contributed by atoms with E-state index in [9.17, 15) is 9.59 Å². The van der Waals surface area contributed by atoms with Gasteiger partial charge in [0, 0.05) is 30.6 Å². The van der Waals surface area contributed by atoms with Gasteiger partial charge in [-0.1, -0.05) is 23.7 Å². The molecule has 1 aliphatic heterocycles. The quantitative estimate of drug-likeness (QED) is 0.856. The van der Waals surface area contributed by atoms with Crippen molar-refractivity contribution in [1.29, 1.82) is 0 Å². The van der Waals surface area contributed by atoms with Crippen LogP contribution in [0.5, 0.6) is 0 Å². The van der Waals surface area contributed by atoms with E-state index in [1.165, 1.54) is 0 Å². The molecule has 1 aromatic carbocycles. The van der Waals surface area contributed by atoms with Crippen LogP contribution >= 0.6 is 11.6 Å². The summed E-state index contributed by atoms with van der Waals surface area (Å²) < 4.78 is 11.4. The number of fused-ring (bicyclic) bond motifs is 1. The largest absolute Gasteiger partial charge is 0.480 e. The maximum Gasteiger partial charge on any atom is 0.317 e. The molecule has 0 bridgehead atoms. The number of carboxylic acid groups (broad SMARTS) is 1. The molecular weight excluding hydrogens is 360 g/mol. The van der Waals surface area contributed by atoms with Crippen molar-refractivity contribution < 1.29 is 23.8 Å². The summed E-state index contributed by atoms with van der Waals surface area (Å²) in [6, 6.07) is 5.43. The molecule has 1 N–H and O–H groups in total. The van der Waals surface area contributed by atoms with Crippen LogP contribution in [0.4, 0.5) is 0 Å². The third-order valence-electron chi connectivity index (χ3n) is 4.46. The van der Waals surface area contributed by atoms with E-state index in [4.69, 9.17) is 25.9 Å². The molecule has 1 unspecified atom stereocenters. The van der Waals surface area contributed by atoms with Gasteiger partial charge >= 0.3 is 5.97 Å². The highest BCUT2D eigenvalue weighted by Gasteiger charge is 2.29. The fourth-order valence-corrected chi connectivity index (χ4v) is 3.43. The Hall–Kier alpha value is -2.09. The van der Waals surface area contributed by atoms with Gasteiger partial charge in [0.25, 0.3) is 5.91 Å². The zero-order valence-corrected chi connectivity index (χ0v) is 15.5. The van der Waals surface area contributed by atoms with Crippen molar-refractivity contribution in [3.05, 3.63) is 34.5 Å². The van der Waals surface area contributed by atoms with E-state index >= 15 is 0 Å². The highest BCUT2D eigenvalue weighted by atomic mass is 35.5. The zero-order valence-electron chi connectivity index (χ0n) is 14.7. The van der Waals surface area contributed by atoms with Gasteiger partial charge in [0.15, 0.2) is 11.3 Å². The first-order valence-corrected chi connectivity index (χ1v) is 8.73. The second-order valence-corrected chi connectivity index (χ2v) is 6.91. The molecule has 7 nitrogen and oxygen atoms in total. The average Bonchev–Trinajstić information content (AvgIpc) is 2.92. The number of hydrogen-bond acceptors (Lipinski definition) is 5. The van der Waals surface area contributed by atoms with Gasteiger partial charge in [-0.25, -0.2) is 0 Å². The van der Waals surface area contributed by atoms with Crippen LogP contribution < -0.4 is 0 Å². The number of nitrogens with zero attached hydrogens (tertiary/aromatic N) is 2. The second kappa shape index (κ2) is 7.65. The number of hydrogen-bond donors (Lipinski definition) is 1. The molecule has 2 heterocycles. The highest BCUT2D eigenvalue weighted by Crippen LogP contribution is 2.31. The standard InChI is InChI=1S/C18H21ClN2O5/c1-11-13-4-3-5-14(19)17(13)26-16(11)18(24)21-6-7-25-12(9-21)8-20(2)10-15(22)23/h3-5,12H,6-10H2,1-2H3,(H,22,23). The van der Waals surface area contributed by atoms with Crippen molar-refractivity contribution >= 4 is 34.4 Å². The van der Waals surface area contributed by atoms with Crippen molar-refractivity contribution in [3.8, 4) is 0 Å². The summed E-state index contributed by atoms with van der Waals surface area (Å²) in [6.07, 6.45) is -0.245. The minimum Gasteiger partial charge on any atom is -0.480 e. The summed E-state index contributed by atoms with van der Waals surface area (Å²) in [5.74, 6) is -0.817. The van der Waals surface area contributed by atoms with Gasteiger partial charge < -0.3 is 19.2 Å². The smallest absolute Gasteiger partial charge is 0.317 e. The minimum atomic E-state index is -0.897. The molecule has 0 aliphatic carbocycles. The summed E-state index contributed by atoms with van der Waals surface area (Å²) >= 11 is 6.16. The van der Waals surface area contributed by atoms with Crippen molar-refractivity contribution in [2.24, 2.45) is 0 Å². The molecule has 8 heteroatoms.